The predicted molar refractivity (Wildman–Crippen MR) is 109 cm³/mol. The lowest BCUT2D eigenvalue weighted by molar-refractivity contribution is -0.386. The fourth-order valence-electron chi connectivity index (χ4n) is 3.42. The van der Waals surface area contributed by atoms with Gasteiger partial charge in [0.25, 0.3) is 0 Å². The molecule has 0 bridgehead atoms. The van der Waals surface area contributed by atoms with Gasteiger partial charge in [-0.15, -0.1) is 0 Å². The fraction of sp³-hybridized carbons (Fsp3) is 0.350. The molecule has 10 heteroatoms. The molecule has 0 aliphatic carbocycles. The van der Waals surface area contributed by atoms with Crippen LogP contribution < -0.4 is 5.32 Å². The summed E-state index contributed by atoms with van der Waals surface area (Å²) < 4.78 is 16.6. The number of nitro groups is 1. The Labute approximate surface area is 172 Å². The summed E-state index contributed by atoms with van der Waals surface area (Å²) in [5, 5.41) is 22.6. The first kappa shape index (κ1) is 21.2. The van der Waals surface area contributed by atoms with Crippen LogP contribution in [-0.4, -0.2) is 30.4 Å². The van der Waals surface area contributed by atoms with Crippen molar-refractivity contribution in [1.29, 1.82) is 0 Å². The Hall–Kier alpha value is -3.56. The second kappa shape index (κ2) is 8.44. The van der Waals surface area contributed by atoms with Gasteiger partial charge in [0.15, 0.2) is 0 Å². The number of benzene rings is 1. The van der Waals surface area contributed by atoms with Crippen LogP contribution in [0.5, 0.6) is 0 Å². The number of hydrogen-bond acceptors (Lipinski definition) is 5. The lowest BCUT2D eigenvalue weighted by atomic mass is 10.2. The summed E-state index contributed by atoms with van der Waals surface area (Å²) in [6.45, 7) is 7.41. The number of carbonyl (C=O) groups excluding carboxylic acids is 1. The van der Waals surface area contributed by atoms with E-state index in [1.807, 2.05) is 13.0 Å². The van der Waals surface area contributed by atoms with E-state index in [0.29, 0.717) is 29.3 Å². The number of anilines is 1. The van der Waals surface area contributed by atoms with E-state index in [4.69, 9.17) is 0 Å². The van der Waals surface area contributed by atoms with Gasteiger partial charge < -0.3 is 5.32 Å². The number of nitrogens with one attached hydrogen (secondary N) is 1. The summed E-state index contributed by atoms with van der Waals surface area (Å²) in [6, 6.07) is 6.28. The molecule has 0 saturated heterocycles. The van der Waals surface area contributed by atoms with Crippen LogP contribution >= 0.6 is 0 Å². The van der Waals surface area contributed by atoms with Crippen LogP contribution in [0.1, 0.15) is 34.8 Å². The van der Waals surface area contributed by atoms with Crippen molar-refractivity contribution >= 4 is 17.3 Å². The zero-order valence-electron chi connectivity index (χ0n) is 17.3. The van der Waals surface area contributed by atoms with Crippen molar-refractivity contribution < 1.29 is 14.1 Å². The molecule has 2 heterocycles. The Morgan fingerprint density at radius 2 is 1.83 bits per heavy atom. The number of amides is 1. The van der Waals surface area contributed by atoms with Gasteiger partial charge in [-0.05, 0) is 45.4 Å². The molecule has 0 unspecified atom stereocenters. The minimum Gasteiger partial charge on any atom is -0.323 e. The van der Waals surface area contributed by atoms with E-state index in [1.165, 1.54) is 16.8 Å². The van der Waals surface area contributed by atoms with E-state index in [2.05, 4.69) is 15.5 Å². The van der Waals surface area contributed by atoms with Crippen LogP contribution in [0.4, 0.5) is 15.8 Å². The summed E-state index contributed by atoms with van der Waals surface area (Å²) in [7, 11) is 0. The van der Waals surface area contributed by atoms with Crippen LogP contribution in [0.15, 0.2) is 24.3 Å². The third kappa shape index (κ3) is 4.37. The third-order valence-corrected chi connectivity index (χ3v) is 4.94. The Morgan fingerprint density at radius 1 is 1.13 bits per heavy atom. The Bertz CT molecular complexity index is 1120. The van der Waals surface area contributed by atoms with E-state index >= 15 is 0 Å². The predicted octanol–water partition coefficient (Wildman–Crippen LogP) is 3.44. The molecular formula is C20H23FN6O3. The molecule has 0 atom stereocenters. The van der Waals surface area contributed by atoms with E-state index in [-0.39, 0.29) is 30.4 Å². The molecule has 0 saturated carbocycles. The minimum atomic E-state index is -0.464. The van der Waals surface area contributed by atoms with Crippen molar-refractivity contribution in [2.75, 3.05) is 5.32 Å². The quantitative estimate of drug-likeness (QED) is 0.471. The number of aromatic nitrogens is 4. The number of aryl methyl sites for hydroxylation is 3. The number of carbonyl (C=O) groups is 1. The maximum Gasteiger partial charge on any atom is 0.312 e. The van der Waals surface area contributed by atoms with Crippen LogP contribution in [-0.2, 0) is 17.9 Å². The van der Waals surface area contributed by atoms with Crippen LogP contribution in [0.2, 0.25) is 0 Å². The molecule has 0 aliphatic rings. The molecule has 2 aromatic heterocycles. The number of hydrogen-bond donors (Lipinski definition) is 1. The smallest absolute Gasteiger partial charge is 0.312 e. The van der Waals surface area contributed by atoms with Gasteiger partial charge in [0, 0.05) is 6.42 Å². The van der Waals surface area contributed by atoms with Crippen molar-refractivity contribution in [3.05, 3.63) is 68.5 Å². The highest BCUT2D eigenvalue weighted by molar-refractivity contribution is 5.91. The zero-order chi connectivity index (χ0) is 22.0. The van der Waals surface area contributed by atoms with Gasteiger partial charge in [-0.2, -0.15) is 10.2 Å². The maximum absolute atomic E-state index is 13.4. The summed E-state index contributed by atoms with van der Waals surface area (Å²) in [4.78, 5) is 23.1. The summed E-state index contributed by atoms with van der Waals surface area (Å²) in [5.74, 6) is -0.561. The van der Waals surface area contributed by atoms with E-state index in [1.54, 1.807) is 31.5 Å². The number of rotatable bonds is 7. The summed E-state index contributed by atoms with van der Waals surface area (Å²) in [6.07, 6.45) is 0.104. The van der Waals surface area contributed by atoms with E-state index < -0.39 is 4.92 Å². The van der Waals surface area contributed by atoms with Crippen molar-refractivity contribution in [3.8, 4) is 0 Å². The summed E-state index contributed by atoms with van der Waals surface area (Å²) in [5.41, 5.74) is 3.50. The van der Waals surface area contributed by atoms with Gasteiger partial charge in [-0.3, -0.25) is 24.3 Å². The SMILES string of the molecule is Cc1nn(Cc2cccc(F)c2)c(C)c1NC(=O)CCn1nc(C)c([N+](=O)[O-])c1C. The lowest BCUT2D eigenvalue weighted by Gasteiger charge is -2.08. The first-order valence-corrected chi connectivity index (χ1v) is 9.44. The summed E-state index contributed by atoms with van der Waals surface area (Å²) >= 11 is 0. The first-order chi connectivity index (χ1) is 14.2. The standard InChI is InChI=1S/C20H23FN6O3/c1-12-19(14(3)26(23-12)11-16-6-5-7-17(21)10-16)22-18(28)8-9-25-15(4)20(27(29)30)13(2)24-25/h5-7,10H,8-9,11H2,1-4H3,(H,22,28). The average molecular weight is 414 g/mol. The number of nitrogens with zero attached hydrogens (tertiary/aromatic N) is 5. The Morgan fingerprint density at radius 3 is 2.47 bits per heavy atom. The molecule has 3 aromatic rings. The fourth-order valence-corrected chi connectivity index (χ4v) is 3.42. The molecule has 9 nitrogen and oxygen atoms in total. The van der Waals surface area contributed by atoms with Gasteiger partial charge in [0.05, 0.1) is 35.1 Å². The normalized spacial score (nSPS) is 11.0. The monoisotopic (exact) mass is 414 g/mol. The highest BCUT2D eigenvalue weighted by Crippen LogP contribution is 2.23. The van der Waals surface area contributed by atoms with Gasteiger partial charge in [-0.1, -0.05) is 12.1 Å². The minimum absolute atomic E-state index is 0.0271. The molecule has 0 radical (unpaired) electrons. The molecule has 1 amide bonds. The maximum atomic E-state index is 13.4. The van der Waals surface area contributed by atoms with Crippen molar-refractivity contribution in [2.45, 2.75) is 47.2 Å². The van der Waals surface area contributed by atoms with Crippen LogP contribution in [0, 0.1) is 43.6 Å². The van der Waals surface area contributed by atoms with Crippen LogP contribution in [0.25, 0.3) is 0 Å². The molecule has 1 N–H and O–H groups in total. The lowest BCUT2D eigenvalue weighted by Crippen LogP contribution is -2.16. The zero-order valence-corrected chi connectivity index (χ0v) is 17.3. The average Bonchev–Trinajstić information content (AvgIpc) is 3.09. The molecule has 0 aliphatic heterocycles. The molecule has 0 fully saturated rings. The van der Waals surface area contributed by atoms with Gasteiger partial charge in [0.1, 0.15) is 17.2 Å². The van der Waals surface area contributed by atoms with Gasteiger partial charge in [-0.25, -0.2) is 4.39 Å². The Kier molecular flexibility index (Phi) is 5.95. The molecule has 3 rings (SSSR count). The molecule has 158 valence electrons. The van der Waals surface area contributed by atoms with Crippen LogP contribution in [0.3, 0.4) is 0 Å². The second-order valence-corrected chi connectivity index (χ2v) is 7.13. The topological polar surface area (TPSA) is 108 Å². The largest absolute Gasteiger partial charge is 0.323 e. The van der Waals surface area contributed by atoms with Crippen molar-refractivity contribution in [3.63, 3.8) is 0 Å². The first-order valence-electron chi connectivity index (χ1n) is 9.44. The van der Waals surface area contributed by atoms with Gasteiger partial charge in [0.2, 0.25) is 5.91 Å². The number of halogens is 1. The third-order valence-electron chi connectivity index (χ3n) is 4.94. The van der Waals surface area contributed by atoms with Gasteiger partial charge >= 0.3 is 5.69 Å². The highest BCUT2D eigenvalue weighted by atomic mass is 19.1. The molecular weight excluding hydrogens is 391 g/mol. The Balaban J connectivity index is 1.68. The van der Waals surface area contributed by atoms with E-state index in [9.17, 15) is 19.3 Å². The van der Waals surface area contributed by atoms with Crippen molar-refractivity contribution in [1.82, 2.24) is 19.6 Å². The molecule has 0 spiro atoms. The molecule has 1 aromatic carbocycles. The van der Waals surface area contributed by atoms with E-state index in [0.717, 1.165) is 11.3 Å². The second-order valence-electron chi connectivity index (χ2n) is 7.13. The highest BCUT2D eigenvalue weighted by Gasteiger charge is 2.22. The molecule has 30 heavy (non-hydrogen) atoms. The van der Waals surface area contributed by atoms with Crippen molar-refractivity contribution in [2.24, 2.45) is 0 Å².